The summed E-state index contributed by atoms with van der Waals surface area (Å²) < 4.78 is 0. The zero-order valence-corrected chi connectivity index (χ0v) is 6.38. The SMILES string of the molecule is N=C(C=CN)C1=CC=CCC1. The van der Waals surface area contributed by atoms with Crippen LogP contribution in [0, 0.1) is 5.41 Å². The van der Waals surface area contributed by atoms with Gasteiger partial charge in [0.15, 0.2) is 0 Å². The number of rotatable bonds is 2. The minimum Gasteiger partial charge on any atom is -0.405 e. The number of hydrogen-bond acceptors (Lipinski definition) is 2. The van der Waals surface area contributed by atoms with Crippen LogP contribution in [0.2, 0.25) is 0 Å². The van der Waals surface area contributed by atoms with E-state index in [1.807, 2.05) is 12.2 Å². The lowest BCUT2D eigenvalue weighted by molar-refractivity contribution is 1.00. The maximum Gasteiger partial charge on any atom is 0.0586 e. The van der Waals surface area contributed by atoms with Gasteiger partial charge in [-0.1, -0.05) is 18.2 Å². The molecule has 2 heteroatoms. The van der Waals surface area contributed by atoms with E-state index in [9.17, 15) is 0 Å². The minimum atomic E-state index is 0.525. The second kappa shape index (κ2) is 3.76. The largest absolute Gasteiger partial charge is 0.405 e. The summed E-state index contributed by atoms with van der Waals surface area (Å²) in [6.07, 6.45) is 11.1. The van der Waals surface area contributed by atoms with Gasteiger partial charge in [-0.15, -0.1) is 0 Å². The Morgan fingerprint density at radius 1 is 1.64 bits per heavy atom. The van der Waals surface area contributed by atoms with Gasteiger partial charge in [0.2, 0.25) is 0 Å². The molecule has 0 bridgehead atoms. The molecule has 0 heterocycles. The number of hydrogen-bond donors (Lipinski definition) is 2. The van der Waals surface area contributed by atoms with Gasteiger partial charge in [-0.3, -0.25) is 0 Å². The van der Waals surface area contributed by atoms with Gasteiger partial charge in [0.25, 0.3) is 0 Å². The number of nitrogens with two attached hydrogens (primary N) is 1. The van der Waals surface area contributed by atoms with Crippen molar-refractivity contribution in [2.24, 2.45) is 5.73 Å². The molecular weight excluding hydrogens is 136 g/mol. The monoisotopic (exact) mass is 148 g/mol. The third-order valence-electron chi connectivity index (χ3n) is 1.62. The smallest absolute Gasteiger partial charge is 0.0586 e. The molecule has 0 amide bonds. The molecule has 1 rings (SSSR count). The van der Waals surface area contributed by atoms with E-state index >= 15 is 0 Å². The van der Waals surface area contributed by atoms with Crippen molar-refractivity contribution in [3.63, 3.8) is 0 Å². The first-order valence-corrected chi connectivity index (χ1v) is 3.67. The summed E-state index contributed by atoms with van der Waals surface area (Å²) in [5.74, 6) is 0. The topological polar surface area (TPSA) is 49.9 Å². The minimum absolute atomic E-state index is 0.525. The van der Waals surface area contributed by atoms with Crippen molar-refractivity contribution < 1.29 is 0 Å². The van der Waals surface area contributed by atoms with Crippen molar-refractivity contribution >= 4 is 5.71 Å². The Morgan fingerprint density at radius 3 is 3.00 bits per heavy atom. The van der Waals surface area contributed by atoms with Gasteiger partial charge < -0.3 is 11.1 Å². The average Bonchev–Trinajstić information content (AvgIpc) is 2.07. The highest BCUT2D eigenvalue weighted by Crippen LogP contribution is 2.12. The van der Waals surface area contributed by atoms with Gasteiger partial charge >= 0.3 is 0 Å². The second-order valence-corrected chi connectivity index (χ2v) is 2.43. The third-order valence-corrected chi connectivity index (χ3v) is 1.62. The van der Waals surface area contributed by atoms with Crippen molar-refractivity contribution in [2.75, 3.05) is 0 Å². The summed E-state index contributed by atoms with van der Waals surface area (Å²) in [5, 5.41) is 7.51. The molecule has 0 unspecified atom stereocenters. The van der Waals surface area contributed by atoms with Gasteiger partial charge in [0, 0.05) is 0 Å². The Labute approximate surface area is 66.6 Å². The molecule has 0 saturated carbocycles. The molecule has 0 aromatic heterocycles. The Kier molecular flexibility index (Phi) is 2.66. The molecule has 1 aliphatic rings. The predicted molar refractivity (Wildman–Crippen MR) is 47.5 cm³/mol. The normalized spacial score (nSPS) is 16.9. The molecule has 58 valence electrons. The summed E-state index contributed by atoms with van der Waals surface area (Å²) in [5.41, 5.74) is 6.76. The average molecular weight is 148 g/mol. The Bertz CT molecular complexity index is 234. The fourth-order valence-electron chi connectivity index (χ4n) is 1.03. The molecule has 0 fully saturated rings. The van der Waals surface area contributed by atoms with Crippen LogP contribution in [0.15, 0.2) is 36.1 Å². The van der Waals surface area contributed by atoms with E-state index in [1.165, 1.54) is 6.20 Å². The zero-order valence-electron chi connectivity index (χ0n) is 6.38. The number of allylic oxidation sites excluding steroid dienone is 5. The van der Waals surface area contributed by atoms with E-state index in [0.29, 0.717) is 5.71 Å². The lowest BCUT2D eigenvalue weighted by Crippen LogP contribution is -2.00. The van der Waals surface area contributed by atoms with Crippen LogP contribution < -0.4 is 5.73 Å². The summed E-state index contributed by atoms with van der Waals surface area (Å²) in [6.45, 7) is 0. The predicted octanol–water partition coefficient (Wildman–Crippen LogP) is 1.75. The van der Waals surface area contributed by atoms with Crippen LogP contribution in [0.1, 0.15) is 12.8 Å². The fourth-order valence-corrected chi connectivity index (χ4v) is 1.03. The van der Waals surface area contributed by atoms with Gasteiger partial charge in [0.1, 0.15) is 0 Å². The van der Waals surface area contributed by atoms with Gasteiger partial charge in [-0.25, -0.2) is 0 Å². The molecule has 0 aliphatic heterocycles. The lowest BCUT2D eigenvalue weighted by atomic mass is 10.0. The summed E-state index contributed by atoms with van der Waals surface area (Å²) >= 11 is 0. The van der Waals surface area contributed by atoms with Crippen molar-refractivity contribution in [1.82, 2.24) is 0 Å². The summed E-state index contributed by atoms with van der Waals surface area (Å²) in [6, 6.07) is 0. The summed E-state index contributed by atoms with van der Waals surface area (Å²) in [7, 11) is 0. The van der Waals surface area contributed by atoms with Crippen LogP contribution in [-0.2, 0) is 0 Å². The molecule has 2 nitrogen and oxygen atoms in total. The van der Waals surface area contributed by atoms with Crippen molar-refractivity contribution in [2.45, 2.75) is 12.8 Å². The zero-order chi connectivity index (χ0) is 8.10. The van der Waals surface area contributed by atoms with Crippen molar-refractivity contribution in [3.8, 4) is 0 Å². The first-order valence-electron chi connectivity index (χ1n) is 3.67. The molecule has 0 spiro atoms. The molecular formula is C9H12N2. The Balaban J connectivity index is 2.66. The van der Waals surface area contributed by atoms with Crippen LogP contribution in [0.3, 0.4) is 0 Å². The highest BCUT2D eigenvalue weighted by molar-refractivity contribution is 6.06. The third kappa shape index (κ3) is 2.08. The molecule has 0 aromatic carbocycles. The van der Waals surface area contributed by atoms with Crippen molar-refractivity contribution in [1.29, 1.82) is 5.41 Å². The Morgan fingerprint density at radius 2 is 2.45 bits per heavy atom. The van der Waals surface area contributed by atoms with Crippen LogP contribution in [0.5, 0.6) is 0 Å². The second-order valence-electron chi connectivity index (χ2n) is 2.43. The maximum absolute atomic E-state index is 7.51. The van der Waals surface area contributed by atoms with E-state index in [2.05, 4.69) is 6.08 Å². The molecule has 1 aliphatic carbocycles. The molecule has 11 heavy (non-hydrogen) atoms. The van der Waals surface area contributed by atoms with E-state index in [0.717, 1.165) is 18.4 Å². The van der Waals surface area contributed by atoms with Crippen LogP contribution in [-0.4, -0.2) is 5.71 Å². The molecule has 0 aromatic rings. The van der Waals surface area contributed by atoms with Crippen molar-refractivity contribution in [3.05, 3.63) is 36.1 Å². The molecule has 0 radical (unpaired) electrons. The molecule has 0 atom stereocenters. The molecule has 3 N–H and O–H groups in total. The van der Waals surface area contributed by atoms with Crippen LogP contribution >= 0.6 is 0 Å². The van der Waals surface area contributed by atoms with E-state index in [1.54, 1.807) is 6.08 Å². The van der Waals surface area contributed by atoms with Crippen LogP contribution in [0.25, 0.3) is 0 Å². The molecule has 0 saturated heterocycles. The first kappa shape index (κ1) is 7.79. The van der Waals surface area contributed by atoms with E-state index in [4.69, 9.17) is 11.1 Å². The van der Waals surface area contributed by atoms with Gasteiger partial charge in [-0.2, -0.15) is 0 Å². The summed E-state index contributed by atoms with van der Waals surface area (Å²) in [4.78, 5) is 0. The maximum atomic E-state index is 7.51. The lowest BCUT2D eigenvalue weighted by Gasteiger charge is -2.05. The highest BCUT2D eigenvalue weighted by Gasteiger charge is 2.01. The standard InChI is InChI=1S/C9H12N2/c10-7-6-9(11)8-4-2-1-3-5-8/h1-2,4,6-7,11H,3,5,10H2. The highest BCUT2D eigenvalue weighted by atomic mass is 14.5. The fraction of sp³-hybridized carbons (Fsp3) is 0.222. The van der Waals surface area contributed by atoms with Crippen LogP contribution in [0.4, 0.5) is 0 Å². The van der Waals surface area contributed by atoms with E-state index < -0.39 is 0 Å². The van der Waals surface area contributed by atoms with Gasteiger partial charge in [-0.05, 0) is 30.7 Å². The Hall–Kier alpha value is -1.31. The van der Waals surface area contributed by atoms with E-state index in [-0.39, 0.29) is 0 Å². The van der Waals surface area contributed by atoms with Gasteiger partial charge in [0.05, 0.1) is 5.71 Å². The quantitative estimate of drug-likeness (QED) is 0.576. The first-order chi connectivity index (χ1) is 5.34. The number of nitrogens with one attached hydrogen (secondary N) is 1.